The fraction of sp³-hybridized carbons (Fsp3) is 0.226. The number of hydrogen-bond donors (Lipinski definition) is 2. The standard InChI is InChI=1S/C30H26N4O5S.CH4.2H2S/c1-3-25(37)33-15-18(24(36)16-33)14-23(35)28-27-26-22(11-12-31-29(26)40-28)34(30(38)32-27)21-10-9-20(13-17(21)2)39-19-7-5-4-6-8-19;;;/h3-13,18,24,35-36H,1,14-16H2,2H3;1H4;2*1H2/t18-,24-;;;/m0.../s1. The number of aryl methyl sites for hydroxylation is 1. The predicted octanol–water partition coefficient (Wildman–Crippen LogP) is 4.74. The second kappa shape index (κ2) is 13.6. The third-order valence-corrected chi connectivity index (χ3v) is 8.32. The van der Waals surface area contributed by atoms with Gasteiger partial charge in [0.2, 0.25) is 5.91 Å². The molecular weight excluding hydrogens is 605 g/mol. The first-order valence-electron chi connectivity index (χ1n) is 12.8. The molecule has 1 aliphatic rings. The van der Waals surface area contributed by atoms with E-state index < -0.39 is 11.8 Å². The zero-order chi connectivity index (χ0) is 28.0. The van der Waals surface area contributed by atoms with Crippen molar-refractivity contribution in [1.29, 1.82) is 0 Å². The van der Waals surface area contributed by atoms with E-state index in [1.807, 2.05) is 55.5 Å². The van der Waals surface area contributed by atoms with E-state index in [2.05, 4.69) is 16.5 Å². The lowest BCUT2D eigenvalue weighted by atomic mass is 10.0. The van der Waals surface area contributed by atoms with E-state index in [1.54, 1.807) is 16.8 Å². The van der Waals surface area contributed by atoms with E-state index in [0.29, 0.717) is 49.5 Å². The van der Waals surface area contributed by atoms with Gasteiger partial charge in [-0.25, -0.2) is 9.78 Å². The van der Waals surface area contributed by atoms with E-state index in [0.717, 1.165) is 5.56 Å². The Balaban J connectivity index is 0.00000169. The molecule has 4 heterocycles. The number of β-amino-alcohol motifs (C(OH)–C–C–N with tert-alkyl or cyclic N) is 1. The molecule has 0 unspecified atom stereocenters. The number of aromatic nitrogens is 3. The molecular formula is C31H34N4O5S3. The molecule has 9 nitrogen and oxygen atoms in total. The van der Waals surface area contributed by atoms with Crippen LogP contribution in [0.25, 0.3) is 32.7 Å². The molecule has 2 N–H and O–H groups in total. The molecule has 226 valence electrons. The highest BCUT2D eigenvalue weighted by atomic mass is 32.1. The quantitative estimate of drug-likeness (QED) is 0.258. The largest absolute Gasteiger partial charge is 0.511 e. The number of rotatable bonds is 6. The Kier molecular flexibility index (Phi) is 10.7. The average Bonchev–Trinajstić information content (AvgIpc) is 3.50. The first kappa shape index (κ1) is 33.7. The summed E-state index contributed by atoms with van der Waals surface area (Å²) >= 11 is 1.24. The van der Waals surface area contributed by atoms with Gasteiger partial charge in [0.25, 0.3) is 0 Å². The van der Waals surface area contributed by atoms with Crippen molar-refractivity contribution in [3.63, 3.8) is 0 Å². The lowest BCUT2D eigenvalue weighted by molar-refractivity contribution is -0.125. The third-order valence-electron chi connectivity index (χ3n) is 7.18. The number of likely N-dealkylation sites (tertiary alicyclic amines) is 1. The van der Waals surface area contributed by atoms with Crippen molar-refractivity contribution in [3.8, 4) is 17.2 Å². The van der Waals surface area contributed by atoms with Crippen LogP contribution in [0.2, 0.25) is 0 Å². The molecule has 2 atom stereocenters. The summed E-state index contributed by atoms with van der Waals surface area (Å²) in [5, 5.41) is 22.3. The summed E-state index contributed by atoms with van der Waals surface area (Å²) in [4.78, 5) is 36.5. The minimum Gasteiger partial charge on any atom is -0.511 e. The maximum atomic E-state index is 13.5. The molecule has 1 amide bonds. The van der Waals surface area contributed by atoms with Crippen molar-refractivity contribution in [2.24, 2.45) is 5.92 Å². The third kappa shape index (κ3) is 6.28. The topological polar surface area (TPSA) is 118 Å². The highest BCUT2D eigenvalue weighted by Crippen LogP contribution is 2.31. The molecule has 43 heavy (non-hydrogen) atoms. The number of nitrogens with zero attached hydrogens (tertiary/aromatic N) is 4. The molecule has 6 rings (SSSR count). The van der Waals surface area contributed by atoms with Crippen LogP contribution in [-0.4, -0.2) is 54.7 Å². The molecule has 1 saturated heterocycles. The van der Waals surface area contributed by atoms with Crippen LogP contribution in [0, 0.1) is 12.8 Å². The van der Waals surface area contributed by atoms with Crippen molar-refractivity contribution in [3.05, 3.63) is 94.0 Å². The van der Waals surface area contributed by atoms with Gasteiger partial charge >= 0.3 is 5.69 Å². The number of thiophene rings is 1. The molecule has 12 heteroatoms. The van der Waals surface area contributed by atoms with Crippen molar-refractivity contribution < 1.29 is 19.7 Å². The Hall–Kier alpha value is -3.84. The summed E-state index contributed by atoms with van der Waals surface area (Å²) in [5.41, 5.74) is 1.99. The number of carbonyl (C=O) groups is 1. The molecule has 0 radical (unpaired) electrons. The zero-order valence-corrected chi connectivity index (χ0v) is 25.5. The number of hydrogen-bond acceptors (Lipinski definition) is 8. The minimum atomic E-state index is -0.781. The normalized spacial score (nSPS) is 16.7. The van der Waals surface area contributed by atoms with Crippen LogP contribution in [0.4, 0.5) is 0 Å². The fourth-order valence-electron chi connectivity index (χ4n) is 5.23. The van der Waals surface area contributed by atoms with Gasteiger partial charge in [0.05, 0.1) is 27.2 Å². The number of benzene rings is 2. The van der Waals surface area contributed by atoms with Crippen molar-refractivity contribution in [1.82, 2.24) is 19.4 Å². The van der Waals surface area contributed by atoms with Gasteiger partial charge in [-0.3, -0.25) is 9.36 Å². The summed E-state index contributed by atoms with van der Waals surface area (Å²) in [6, 6.07) is 16.7. The van der Waals surface area contributed by atoms with Crippen molar-refractivity contribution in [2.45, 2.75) is 26.9 Å². The monoisotopic (exact) mass is 638 g/mol. The van der Waals surface area contributed by atoms with E-state index in [4.69, 9.17) is 4.74 Å². The summed E-state index contributed by atoms with van der Waals surface area (Å²) in [6.07, 6.45) is 2.19. The van der Waals surface area contributed by atoms with Crippen molar-refractivity contribution >= 4 is 71.2 Å². The minimum absolute atomic E-state index is 0. The van der Waals surface area contributed by atoms with Gasteiger partial charge < -0.3 is 19.8 Å². The highest BCUT2D eigenvalue weighted by Gasteiger charge is 2.34. The van der Waals surface area contributed by atoms with E-state index >= 15 is 0 Å². The van der Waals surface area contributed by atoms with Crippen LogP contribution >= 0.6 is 38.3 Å². The number of carbonyl (C=O) groups excluding carboxylic acids is 1. The Morgan fingerprint density at radius 1 is 1.14 bits per heavy atom. The summed E-state index contributed by atoms with van der Waals surface area (Å²) < 4.78 is 7.93. The van der Waals surface area contributed by atoms with E-state index in [9.17, 15) is 19.8 Å². The molecule has 1 aliphatic heterocycles. The van der Waals surface area contributed by atoms with Crippen LogP contribution in [0.1, 0.15) is 19.4 Å². The Labute approximate surface area is 266 Å². The Bertz CT molecular complexity index is 1890. The molecule has 2 aromatic carbocycles. The molecule has 5 aromatic rings. The smallest absolute Gasteiger partial charge is 0.353 e. The maximum absolute atomic E-state index is 13.5. The Morgan fingerprint density at radius 3 is 2.58 bits per heavy atom. The zero-order valence-electron chi connectivity index (χ0n) is 22.7. The number of aliphatic hydroxyl groups is 2. The first-order valence-corrected chi connectivity index (χ1v) is 13.6. The SMILES string of the molecule is C.C=CC(=O)N1C[C@H](CC(O)=c2sc3nccc4c3c2nc(=O)n4-c2ccc(Oc3ccccc3)cc2C)[C@@H](O)C1.S.S. The molecule has 0 bridgehead atoms. The Morgan fingerprint density at radius 2 is 1.88 bits per heavy atom. The van der Waals surface area contributed by atoms with Gasteiger partial charge in [0, 0.05) is 31.6 Å². The van der Waals surface area contributed by atoms with Crippen LogP contribution in [0.3, 0.4) is 0 Å². The van der Waals surface area contributed by atoms with Gasteiger partial charge in [-0.2, -0.15) is 32.0 Å². The first-order chi connectivity index (χ1) is 19.3. The van der Waals surface area contributed by atoms with E-state index in [-0.39, 0.29) is 65.0 Å². The fourth-order valence-corrected chi connectivity index (χ4v) is 6.29. The summed E-state index contributed by atoms with van der Waals surface area (Å²) in [5.74, 6) is 0.746. The highest BCUT2D eigenvalue weighted by molar-refractivity contribution is 7.59. The predicted molar refractivity (Wildman–Crippen MR) is 181 cm³/mol. The number of para-hydroxylation sites is 1. The van der Waals surface area contributed by atoms with Crippen LogP contribution in [0.5, 0.6) is 11.5 Å². The number of amides is 1. The molecule has 0 aliphatic carbocycles. The van der Waals surface area contributed by atoms with Gasteiger partial charge in [-0.15, -0.1) is 11.3 Å². The number of pyridine rings is 1. The molecule has 0 saturated carbocycles. The van der Waals surface area contributed by atoms with Crippen molar-refractivity contribution in [2.75, 3.05) is 13.1 Å². The van der Waals surface area contributed by atoms with Gasteiger partial charge in [-0.1, -0.05) is 32.2 Å². The summed E-state index contributed by atoms with van der Waals surface area (Å²) in [7, 11) is 0. The van der Waals surface area contributed by atoms with E-state index in [1.165, 1.54) is 22.3 Å². The molecule has 0 spiro atoms. The number of aliphatic hydroxyl groups excluding tert-OH is 2. The van der Waals surface area contributed by atoms with Gasteiger partial charge in [0.1, 0.15) is 27.6 Å². The second-order valence-corrected chi connectivity index (χ2v) is 10.8. The lowest BCUT2D eigenvalue weighted by Crippen LogP contribution is -2.27. The average molecular weight is 639 g/mol. The molecule has 1 fully saturated rings. The second-order valence-electron chi connectivity index (χ2n) is 9.81. The van der Waals surface area contributed by atoms with Crippen LogP contribution in [0.15, 0.2) is 78.2 Å². The molecule has 3 aromatic heterocycles. The van der Waals surface area contributed by atoms with Gasteiger partial charge in [-0.05, 0) is 55.0 Å². The maximum Gasteiger partial charge on any atom is 0.353 e. The van der Waals surface area contributed by atoms with Crippen LogP contribution < -0.4 is 15.0 Å². The van der Waals surface area contributed by atoms with Gasteiger partial charge in [0.15, 0.2) is 0 Å². The van der Waals surface area contributed by atoms with Crippen LogP contribution in [-0.2, 0) is 4.79 Å². The summed E-state index contributed by atoms with van der Waals surface area (Å²) in [6.45, 7) is 5.88. The lowest BCUT2D eigenvalue weighted by Gasteiger charge is -2.14. The number of ether oxygens (including phenoxy) is 1.